The number of ether oxygens (including phenoxy) is 1. The van der Waals surface area contributed by atoms with Crippen LogP contribution in [0.25, 0.3) is 11.2 Å². The first-order valence-electron chi connectivity index (χ1n) is 10.1. The Kier molecular flexibility index (Phi) is 6.52. The van der Waals surface area contributed by atoms with Crippen molar-refractivity contribution in [3.8, 4) is 0 Å². The van der Waals surface area contributed by atoms with Gasteiger partial charge in [0.1, 0.15) is 30.2 Å². The van der Waals surface area contributed by atoms with Gasteiger partial charge in [-0.25, -0.2) is 20.1 Å². The number of aliphatic hydroxyl groups is 2. The number of imidazole rings is 1. The maximum atomic E-state index is 12.6. The van der Waals surface area contributed by atoms with Gasteiger partial charge in [-0.2, -0.15) is 8.42 Å². The number of ketones is 1. The highest BCUT2D eigenvalue weighted by molar-refractivity contribution is 7.84. The lowest BCUT2D eigenvalue weighted by Crippen LogP contribution is -2.35. The van der Waals surface area contributed by atoms with Crippen molar-refractivity contribution < 1.29 is 32.3 Å². The van der Waals surface area contributed by atoms with Gasteiger partial charge in [0.15, 0.2) is 17.7 Å². The number of aryl methyl sites for hydroxylation is 2. The highest BCUT2D eigenvalue weighted by Gasteiger charge is 2.45. The molecule has 4 atom stereocenters. The fourth-order valence-electron chi connectivity index (χ4n) is 3.78. The molecule has 176 valence electrons. The quantitative estimate of drug-likeness (QED) is 0.367. The minimum atomic E-state index is -4.24. The van der Waals surface area contributed by atoms with Crippen LogP contribution in [0.2, 0.25) is 0 Å². The number of rotatable bonds is 8. The number of benzene rings is 1. The molecule has 0 spiro atoms. The van der Waals surface area contributed by atoms with Gasteiger partial charge in [-0.05, 0) is 18.9 Å². The van der Waals surface area contributed by atoms with Crippen LogP contribution in [0.15, 0.2) is 36.9 Å². The number of nitrogens with two attached hydrogens (primary N) is 1. The monoisotopic (exact) mass is 477 g/mol. The lowest BCUT2D eigenvalue weighted by atomic mass is 10.0. The van der Waals surface area contributed by atoms with E-state index in [9.17, 15) is 23.4 Å². The fourth-order valence-corrected chi connectivity index (χ4v) is 4.10. The van der Waals surface area contributed by atoms with E-state index in [0.29, 0.717) is 28.8 Å². The number of hydrogen-bond donors (Lipinski definition) is 3. The highest BCUT2D eigenvalue weighted by Crippen LogP contribution is 2.32. The molecule has 0 saturated carbocycles. The van der Waals surface area contributed by atoms with Crippen LogP contribution in [0.5, 0.6) is 0 Å². The smallest absolute Gasteiger partial charge is 0.333 e. The van der Waals surface area contributed by atoms with Crippen molar-refractivity contribution in [2.24, 2.45) is 5.14 Å². The van der Waals surface area contributed by atoms with Gasteiger partial charge >= 0.3 is 10.3 Å². The van der Waals surface area contributed by atoms with Crippen LogP contribution >= 0.6 is 0 Å². The molecule has 1 aromatic carbocycles. The molecule has 0 radical (unpaired) electrons. The van der Waals surface area contributed by atoms with Crippen LogP contribution in [0.1, 0.15) is 34.3 Å². The van der Waals surface area contributed by atoms with Crippen molar-refractivity contribution in [3.05, 3.63) is 53.7 Å². The topological polar surface area (TPSA) is 180 Å². The molecule has 1 aliphatic heterocycles. The summed E-state index contributed by atoms with van der Waals surface area (Å²) < 4.78 is 33.5. The third-order valence-electron chi connectivity index (χ3n) is 5.48. The van der Waals surface area contributed by atoms with Crippen LogP contribution in [-0.2, 0) is 25.6 Å². The molecule has 0 amide bonds. The third-order valence-corrected chi connectivity index (χ3v) is 5.94. The Morgan fingerprint density at radius 1 is 1.21 bits per heavy atom. The van der Waals surface area contributed by atoms with E-state index in [1.165, 1.54) is 17.2 Å². The molecule has 3 heterocycles. The van der Waals surface area contributed by atoms with E-state index < -0.39 is 41.5 Å². The maximum absolute atomic E-state index is 12.6. The second-order valence-corrected chi connectivity index (χ2v) is 8.93. The van der Waals surface area contributed by atoms with Crippen molar-refractivity contribution in [1.82, 2.24) is 19.5 Å². The van der Waals surface area contributed by atoms with Crippen LogP contribution in [0.3, 0.4) is 0 Å². The number of carbonyl (C=O) groups is 1. The fraction of sp³-hybridized carbons (Fsp3) is 0.400. The van der Waals surface area contributed by atoms with Gasteiger partial charge < -0.3 is 14.9 Å². The van der Waals surface area contributed by atoms with Crippen LogP contribution in [0, 0.1) is 6.92 Å². The number of fused-ring (bicyclic) bond motifs is 1. The third kappa shape index (κ3) is 4.93. The molecule has 1 saturated heterocycles. The standard InChI is InChI=1S/C20H23N5O7S/c1-11-4-2-3-5-12(11)14(26)7-6-13-16-19(23-9-22-13)25(10-24-16)20-18(28)17(27)15(32-20)8-31-33(21,29)30/h2-5,9-10,15,17-18,20,27-28H,6-8H2,1H3,(H2,21,29,30)/t15-,17-,18-,20-/m1/s1. The first-order chi connectivity index (χ1) is 15.7. The Hall–Kier alpha value is -2.81. The molecule has 4 rings (SSSR count). The molecule has 3 aromatic rings. The summed E-state index contributed by atoms with van der Waals surface area (Å²) in [7, 11) is -4.24. The van der Waals surface area contributed by atoms with Gasteiger partial charge in [-0.1, -0.05) is 24.3 Å². The Bertz CT molecular complexity index is 1280. The van der Waals surface area contributed by atoms with Gasteiger partial charge in [0.25, 0.3) is 0 Å². The van der Waals surface area contributed by atoms with Crippen LogP contribution in [0.4, 0.5) is 0 Å². The van der Waals surface area contributed by atoms with E-state index >= 15 is 0 Å². The van der Waals surface area contributed by atoms with Gasteiger partial charge in [0, 0.05) is 12.0 Å². The van der Waals surface area contributed by atoms with E-state index in [0.717, 1.165) is 5.56 Å². The highest BCUT2D eigenvalue weighted by atomic mass is 32.2. The second-order valence-electron chi connectivity index (χ2n) is 7.71. The van der Waals surface area contributed by atoms with Crippen molar-refractivity contribution in [3.63, 3.8) is 0 Å². The summed E-state index contributed by atoms with van der Waals surface area (Å²) in [5.41, 5.74) is 2.84. The number of aliphatic hydroxyl groups excluding tert-OH is 2. The second kappa shape index (κ2) is 9.21. The lowest BCUT2D eigenvalue weighted by Gasteiger charge is -2.16. The van der Waals surface area contributed by atoms with Gasteiger partial charge in [0.2, 0.25) is 0 Å². The molecular weight excluding hydrogens is 454 g/mol. The maximum Gasteiger partial charge on any atom is 0.333 e. The number of hydrogen-bond acceptors (Lipinski definition) is 10. The van der Waals surface area contributed by atoms with Crippen molar-refractivity contribution in [2.75, 3.05) is 6.61 Å². The number of carbonyl (C=O) groups excluding carboxylic acids is 1. The first kappa shape index (κ1) is 23.4. The molecule has 1 aliphatic rings. The van der Waals surface area contributed by atoms with E-state index in [4.69, 9.17) is 9.88 Å². The molecule has 13 heteroatoms. The summed E-state index contributed by atoms with van der Waals surface area (Å²) in [5.74, 6) is -0.0188. The molecule has 4 N–H and O–H groups in total. The normalized spacial score (nSPS) is 23.3. The van der Waals surface area contributed by atoms with Crippen molar-refractivity contribution in [2.45, 2.75) is 44.3 Å². The Morgan fingerprint density at radius 2 is 1.97 bits per heavy atom. The Balaban J connectivity index is 1.52. The zero-order valence-electron chi connectivity index (χ0n) is 17.6. The summed E-state index contributed by atoms with van der Waals surface area (Å²) in [6, 6.07) is 7.34. The molecule has 0 unspecified atom stereocenters. The van der Waals surface area contributed by atoms with Crippen LogP contribution in [-0.4, -0.2) is 68.9 Å². The SMILES string of the molecule is Cc1ccccc1C(=O)CCc1ncnc2c1ncn2[C@@H]1O[C@H](COS(N)(=O)=O)[C@@H](O)[C@H]1O. The molecule has 2 aromatic heterocycles. The predicted molar refractivity (Wildman–Crippen MR) is 114 cm³/mol. The number of Topliss-reactive ketones (excluding diaryl/α,β-unsaturated/α-hetero) is 1. The van der Waals surface area contributed by atoms with Crippen molar-refractivity contribution in [1.29, 1.82) is 0 Å². The van der Waals surface area contributed by atoms with Crippen molar-refractivity contribution >= 4 is 27.3 Å². The van der Waals surface area contributed by atoms with E-state index in [2.05, 4.69) is 19.1 Å². The Labute approximate surface area is 189 Å². The predicted octanol–water partition coefficient (Wildman–Crippen LogP) is -0.210. The zero-order valence-corrected chi connectivity index (χ0v) is 18.4. The summed E-state index contributed by atoms with van der Waals surface area (Å²) in [5, 5.41) is 25.5. The molecule has 1 fully saturated rings. The molecule has 12 nitrogen and oxygen atoms in total. The Morgan fingerprint density at radius 3 is 2.70 bits per heavy atom. The number of nitrogens with zero attached hydrogens (tertiary/aromatic N) is 4. The first-order valence-corrected chi connectivity index (χ1v) is 11.6. The minimum Gasteiger partial charge on any atom is -0.387 e. The lowest BCUT2D eigenvalue weighted by molar-refractivity contribution is -0.0467. The van der Waals surface area contributed by atoms with Gasteiger partial charge in [0.05, 0.1) is 18.6 Å². The molecule has 0 bridgehead atoms. The summed E-state index contributed by atoms with van der Waals surface area (Å²) >= 11 is 0. The largest absolute Gasteiger partial charge is 0.387 e. The van der Waals surface area contributed by atoms with E-state index in [-0.39, 0.29) is 12.2 Å². The number of aromatic nitrogens is 4. The average molecular weight is 477 g/mol. The summed E-state index contributed by atoms with van der Waals surface area (Å²) in [6.45, 7) is 1.31. The van der Waals surface area contributed by atoms with Gasteiger partial charge in [-0.3, -0.25) is 13.5 Å². The summed E-state index contributed by atoms with van der Waals surface area (Å²) in [6.07, 6.45) is -1.85. The van der Waals surface area contributed by atoms with Crippen LogP contribution < -0.4 is 5.14 Å². The van der Waals surface area contributed by atoms with E-state index in [1.54, 1.807) is 6.07 Å². The van der Waals surface area contributed by atoms with E-state index in [1.807, 2.05) is 25.1 Å². The minimum absolute atomic E-state index is 0.0188. The average Bonchev–Trinajstić information content (AvgIpc) is 3.32. The molecular formula is C20H23N5O7S. The molecule has 0 aliphatic carbocycles. The summed E-state index contributed by atoms with van der Waals surface area (Å²) in [4.78, 5) is 25.4. The molecule has 33 heavy (non-hydrogen) atoms. The zero-order chi connectivity index (χ0) is 23.8. The van der Waals surface area contributed by atoms with Gasteiger partial charge in [-0.15, -0.1) is 0 Å².